The molecule has 2 aromatic carbocycles. The molecule has 2 N–H and O–H groups in total. The minimum absolute atomic E-state index is 0.0629. The number of Topliss-reactive ketones (excluding diaryl/α,β-unsaturated/α-hetero) is 1. The Morgan fingerprint density at radius 2 is 1.81 bits per heavy atom. The Morgan fingerprint density at radius 3 is 2.48 bits per heavy atom. The van der Waals surface area contributed by atoms with Crippen LogP contribution in [0.1, 0.15) is 50.7 Å². The summed E-state index contributed by atoms with van der Waals surface area (Å²) in [6.45, 7) is 8.03. The van der Waals surface area contributed by atoms with Gasteiger partial charge in [-0.05, 0) is 49.4 Å². The van der Waals surface area contributed by atoms with E-state index in [0.717, 1.165) is 23.2 Å². The van der Waals surface area contributed by atoms with E-state index in [1.54, 1.807) is 12.1 Å². The van der Waals surface area contributed by atoms with Crippen molar-refractivity contribution in [3.05, 3.63) is 88.0 Å². The maximum Gasteiger partial charge on any atom is 0.254 e. The van der Waals surface area contributed by atoms with Gasteiger partial charge in [0, 0.05) is 40.6 Å². The van der Waals surface area contributed by atoms with Gasteiger partial charge in [-0.1, -0.05) is 49.7 Å². The lowest BCUT2D eigenvalue weighted by Gasteiger charge is -2.39. The van der Waals surface area contributed by atoms with Gasteiger partial charge in [0.15, 0.2) is 5.78 Å². The first-order valence-electron chi connectivity index (χ1n) is 10.5. The summed E-state index contributed by atoms with van der Waals surface area (Å²) in [5.41, 5.74) is 5.01. The van der Waals surface area contributed by atoms with E-state index < -0.39 is 11.7 Å². The Balaban J connectivity index is 1.80. The van der Waals surface area contributed by atoms with Crippen molar-refractivity contribution in [2.24, 2.45) is 5.41 Å². The van der Waals surface area contributed by atoms with Crippen molar-refractivity contribution < 1.29 is 14.0 Å². The van der Waals surface area contributed by atoms with Gasteiger partial charge in [-0.25, -0.2) is 4.39 Å². The van der Waals surface area contributed by atoms with Gasteiger partial charge in [0.05, 0.1) is 0 Å². The molecule has 1 atom stereocenters. The molecule has 0 fully saturated rings. The summed E-state index contributed by atoms with van der Waals surface area (Å²) >= 11 is 0. The van der Waals surface area contributed by atoms with E-state index >= 15 is 0 Å². The van der Waals surface area contributed by atoms with E-state index in [1.165, 1.54) is 12.1 Å². The maximum absolute atomic E-state index is 13.6. The number of carbonyl (C=O) groups excluding carboxylic acids is 2. The van der Waals surface area contributed by atoms with Crippen molar-refractivity contribution in [1.29, 1.82) is 0 Å². The Kier molecular flexibility index (Phi) is 5.29. The third kappa shape index (κ3) is 4.18. The molecule has 1 aliphatic carbocycles. The molecule has 0 spiro atoms. The number of halogens is 1. The average Bonchev–Trinajstić information content (AvgIpc) is 2.66. The summed E-state index contributed by atoms with van der Waals surface area (Å²) in [5.74, 6) is -1.16. The third-order valence-electron chi connectivity index (χ3n) is 5.98. The Labute approximate surface area is 182 Å². The van der Waals surface area contributed by atoms with E-state index in [1.807, 2.05) is 38.1 Å². The Hall–Kier alpha value is -3.21. The second kappa shape index (κ2) is 7.80. The molecule has 0 saturated carbocycles. The van der Waals surface area contributed by atoms with E-state index in [0.29, 0.717) is 29.0 Å². The molecule has 1 aliphatic heterocycles. The van der Waals surface area contributed by atoms with Crippen LogP contribution in [0.3, 0.4) is 0 Å². The zero-order valence-corrected chi connectivity index (χ0v) is 18.3. The number of allylic oxidation sites excluding steroid dienone is 3. The predicted molar refractivity (Wildman–Crippen MR) is 120 cm³/mol. The highest BCUT2D eigenvalue weighted by atomic mass is 19.1. The quantitative estimate of drug-likeness (QED) is 0.704. The largest absolute Gasteiger partial charge is 0.362 e. The molecule has 0 bridgehead atoms. The first kappa shape index (κ1) is 21.0. The lowest BCUT2D eigenvalue weighted by Crippen LogP contribution is -2.39. The second-order valence-electron chi connectivity index (χ2n) is 9.31. The van der Waals surface area contributed by atoms with Gasteiger partial charge < -0.3 is 10.6 Å². The third-order valence-corrected chi connectivity index (χ3v) is 5.98. The number of anilines is 1. The first-order valence-corrected chi connectivity index (χ1v) is 10.5. The van der Waals surface area contributed by atoms with Gasteiger partial charge in [-0.3, -0.25) is 9.59 Å². The van der Waals surface area contributed by atoms with Crippen LogP contribution in [0.5, 0.6) is 0 Å². The predicted octanol–water partition coefficient (Wildman–Crippen LogP) is 5.38. The number of nitrogens with one attached hydrogen (secondary N) is 2. The fraction of sp³-hybridized carbons (Fsp3) is 0.308. The van der Waals surface area contributed by atoms with Crippen LogP contribution < -0.4 is 10.6 Å². The molecule has 0 radical (unpaired) electrons. The summed E-state index contributed by atoms with van der Waals surface area (Å²) < 4.78 is 13.6. The van der Waals surface area contributed by atoms with E-state index in [4.69, 9.17) is 0 Å². The monoisotopic (exact) mass is 418 g/mol. The van der Waals surface area contributed by atoms with Crippen LogP contribution in [-0.2, 0) is 9.59 Å². The van der Waals surface area contributed by atoms with E-state index in [9.17, 15) is 14.0 Å². The topological polar surface area (TPSA) is 58.2 Å². The molecule has 4 rings (SSSR count). The number of aryl methyl sites for hydroxylation is 1. The van der Waals surface area contributed by atoms with Crippen molar-refractivity contribution in [2.75, 3.05) is 5.32 Å². The molecule has 2 aromatic rings. The van der Waals surface area contributed by atoms with Gasteiger partial charge in [0.1, 0.15) is 5.82 Å². The van der Waals surface area contributed by atoms with Crippen LogP contribution in [-0.4, -0.2) is 11.7 Å². The minimum Gasteiger partial charge on any atom is -0.362 e. The molecule has 1 heterocycles. The van der Waals surface area contributed by atoms with Gasteiger partial charge >= 0.3 is 0 Å². The molecule has 5 heteroatoms. The standard InChI is InChI=1S/C26H27FN2O2/c1-15-8-10-17(11-9-15)23-22(25(31)29-19-7-5-6-18(27)12-19)16(2)28-20-13-26(3,4)14-21(30)24(20)23/h5-12,23,28H,13-14H2,1-4H3,(H,29,31). The van der Waals surface area contributed by atoms with Crippen molar-refractivity contribution in [2.45, 2.75) is 46.5 Å². The highest BCUT2D eigenvalue weighted by Crippen LogP contribution is 2.46. The number of carbonyl (C=O) groups is 2. The lowest BCUT2D eigenvalue weighted by atomic mass is 9.68. The average molecular weight is 419 g/mol. The van der Waals surface area contributed by atoms with Crippen LogP contribution in [0, 0.1) is 18.2 Å². The number of benzene rings is 2. The lowest BCUT2D eigenvalue weighted by molar-refractivity contribution is -0.118. The molecule has 4 nitrogen and oxygen atoms in total. The van der Waals surface area contributed by atoms with Gasteiger partial charge in [0.25, 0.3) is 5.91 Å². The first-order chi connectivity index (χ1) is 14.6. The minimum atomic E-state index is -0.464. The molecular formula is C26H27FN2O2. The van der Waals surface area contributed by atoms with Crippen molar-refractivity contribution >= 4 is 17.4 Å². The molecule has 2 aliphatic rings. The van der Waals surface area contributed by atoms with Crippen molar-refractivity contribution in [3.63, 3.8) is 0 Å². The highest BCUT2D eigenvalue weighted by molar-refractivity contribution is 6.09. The zero-order chi connectivity index (χ0) is 22.3. The van der Waals surface area contributed by atoms with Crippen molar-refractivity contribution in [3.8, 4) is 0 Å². The highest BCUT2D eigenvalue weighted by Gasteiger charge is 2.42. The van der Waals surface area contributed by atoms with E-state index in [2.05, 4.69) is 24.5 Å². The molecular weight excluding hydrogens is 391 g/mol. The number of hydrogen-bond acceptors (Lipinski definition) is 3. The Morgan fingerprint density at radius 1 is 1.10 bits per heavy atom. The maximum atomic E-state index is 13.6. The molecule has 1 amide bonds. The summed E-state index contributed by atoms with van der Waals surface area (Å²) in [7, 11) is 0. The van der Waals surface area contributed by atoms with Crippen LogP contribution in [0.2, 0.25) is 0 Å². The molecule has 0 saturated heterocycles. The summed E-state index contributed by atoms with van der Waals surface area (Å²) in [6, 6.07) is 13.7. The normalized spacial score (nSPS) is 20.3. The Bertz CT molecular complexity index is 1130. The van der Waals surface area contributed by atoms with Gasteiger partial charge in [-0.2, -0.15) is 0 Å². The molecule has 0 aromatic heterocycles. The molecule has 1 unspecified atom stereocenters. The molecule has 160 valence electrons. The number of amides is 1. The second-order valence-corrected chi connectivity index (χ2v) is 9.31. The SMILES string of the molecule is CC1=C(C(=O)Nc2cccc(F)c2)C(c2ccc(C)cc2)C2=C(CC(C)(C)CC2=O)N1. The number of hydrogen-bond donors (Lipinski definition) is 2. The van der Waals surface area contributed by atoms with Crippen LogP contribution in [0.15, 0.2) is 71.1 Å². The van der Waals surface area contributed by atoms with E-state index in [-0.39, 0.29) is 17.1 Å². The summed E-state index contributed by atoms with van der Waals surface area (Å²) in [6.07, 6.45) is 1.18. The summed E-state index contributed by atoms with van der Waals surface area (Å²) in [5, 5.41) is 6.16. The number of rotatable bonds is 3. The van der Waals surface area contributed by atoms with Crippen LogP contribution in [0.25, 0.3) is 0 Å². The molecule has 31 heavy (non-hydrogen) atoms. The van der Waals surface area contributed by atoms with Crippen LogP contribution >= 0.6 is 0 Å². The smallest absolute Gasteiger partial charge is 0.254 e. The zero-order valence-electron chi connectivity index (χ0n) is 18.3. The van der Waals surface area contributed by atoms with Gasteiger partial charge in [-0.15, -0.1) is 0 Å². The van der Waals surface area contributed by atoms with Crippen molar-refractivity contribution in [1.82, 2.24) is 5.32 Å². The fourth-order valence-corrected chi connectivity index (χ4v) is 4.59. The fourth-order valence-electron chi connectivity index (χ4n) is 4.59. The van der Waals surface area contributed by atoms with Crippen LogP contribution in [0.4, 0.5) is 10.1 Å². The summed E-state index contributed by atoms with van der Waals surface area (Å²) in [4.78, 5) is 26.7. The number of dihydropyridines is 1. The number of ketones is 1. The van der Waals surface area contributed by atoms with Gasteiger partial charge in [0.2, 0.25) is 0 Å².